The van der Waals surface area contributed by atoms with Crippen LogP contribution in [0.3, 0.4) is 0 Å². The van der Waals surface area contributed by atoms with Gasteiger partial charge in [0.15, 0.2) is 5.82 Å². The summed E-state index contributed by atoms with van der Waals surface area (Å²) in [4.78, 5) is 24.1. The molecule has 2 bridgehead atoms. The van der Waals surface area contributed by atoms with Crippen LogP contribution in [0.25, 0.3) is 11.3 Å². The fraction of sp³-hybridized carbons (Fsp3) is 0.400. The Morgan fingerprint density at radius 2 is 1.86 bits per heavy atom. The first-order valence-electron chi connectivity index (χ1n) is 12.0. The fourth-order valence-electron chi connectivity index (χ4n) is 5.24. The highest BCUT2D eigenvalue weighted by Crippen LogP contribution is 2.36. The molecule has 0 saturated carbocycles. The number of nitrogen functional groups attached to an aromatic ring is 1. The van der Waals surface area contributed by atoms with E-state index in [1.165, 1.54) is 0 Å². The number of para-hydroxylation sites is 1. The number of anilines is 2. The van der Waals surface area contributed by atoms with Crippen molar-refractivity contribution >= 4 is 17.5 Å². The van der Waals surface area contributed by atoms with Crippen molar-refractivity contribution in [2.24, 2.45) is 0 Å². The number of carboxylic acids is 1. The minimum Gasteiger partial charge on any atom is -0.507 e. The molecule has 0 aliphatic carbocycles. The second kappa shape index (κ2) is 10.0. The lowest BCUT2D eigenvalue weighted by molar-refractivity contribution is -0.138. The molecule has 11 nitrogen and oxygen atoms in total. The van der Waals surface area contributed by atoms with Crippen LogP contribution in [0.4, 0.5) is 11.5 Å². The molecule has 3 aromatic rings. The Balaban J connectivity index is 1.27. The molecule has 5 N–H and O–H groups in total. The molecule has 5 rings (SSSR count). The summed E-state index contributed by atoms with van der Waals surface area (Å²) >= 11 is 0. The molecular weight excluding hydrogens is 460 g/mol. The van der Waals surface area contributed by atoms with Crippen molar-refractivity contribution in [3.8, 4) is 17.0 Å². The number of rotatable bonds is 7. The number of nitrogens with two attached hydrogens (primary N) is 1. The fourth-order valence-corrected chi connectivity index (χ4v) is 5.24. The molecule has 188 valence electrons. The first-order chi connectivity index (χ1) is 17.4. The maximum Gasteiger partial charge on any atom is 0.317 e. The quantitative estimate of drug-likeness (QED) is 0.381. The molecular formula is C25H30N8O3. The van der Waals surface area contributed by atoms with Crippen LogP contribution >= 0.6 is 0 Å². The number of piperidine rings is 1. The van der Waals surface area contributed by atoms with Crippen LogP contribution < -0.4 is 16.0 Å². The van der Waals surface area contributed by atoms with Crippen molar-refractivity contribution in [1.29, 1.82) is 0 Å². The van der Waals surface area contributed by atoms with Crippen LogP contribution in [0.5, 0.6) is 5.75 Å². The van der Waals surface area contributed by atoms with E-state index in [9.17, 15) is 9.90 Å². The summed E-state index contributed by atoms with van der Waals surface area (Å²) in [6.07, 6.45) is 5.40. The standard InChI is InChI=1S/C25H30N8O3/c1-32(14-23(35)36)11-15-9-27-25(28-10-15)16-6-17-12-33(13-18(7-16)29-17)21-8-20(30-31-24(21)26)19-4-2-3-5-22(19)34/h2-5,8-10,16-18,29,34H,6-7,11-14H2,1H3,(H2,26,31)(H,35,36). The van der Waals surface area contributed by atoms with Gasteiger partial charge in [-0.2, -0.15) is 0 Å². The molecule has 0 radical (unpaired) electrons. The lowest BCUT2D eigenvalue weighted by Crippen LogP contribution is -2.60. The van der Waals surface area contributed by atoms with Crippen LogP contribution in [-0.2, 0) is 11.3 Å². The molecule has 2 aromatic heterocycles. The molecule has 11 heteroatoms. The average Bonchev–Trinajstić information content (AvgIpc) is 2.84. The van der Waals surface area contributed by atoms with Crippen molar-refractivity contribution < 1.29 is 15.0 Å². The Hall–Kier alpha value is -3.83. The van der Waals surface area contributed by atoms with Crippen molar-refractivity contribution in [2.75, 3.05) is 37.3 Å². The zero-order valence-corrected chi connectivity index (χ0v) is 20.1. The van der Waals surface area contributed by atoms with Crippen LogP contribution in [0.1, 0.15) is 30.1 Å². The number of aromatic nitrogens is 4. The lowest BCUT2D eigenvalue weighted by Gasteiger charge is -2.46. The Labute approximate surface area is 209 Å². The number of phenols is 1. The molecule has 2 saturated heterocycles. The van der Waals surface area contributed by atoms with Gasteiger partial charge in [-0.3, -0.25) is 9.69 Å². The van der Waals surface area contributed by atoms with Gasteiger partial charge in [0.05, 0.1) is 17.9 Å². The number of hydrogen-bond donors (Lipinski definition) is 4. The number of hydrogen-bond acceptors (Lipinski definition) is 10. The van der Waals surface area contributed by atoms with E-state index in [2.05, 4.69) is 30.4 Å². The van der Waals surface area contributed by atoms with E-state index in [0.717, 1.165) is 43.0 Å². The highest BCUT2D eigenvalue weighted by Gasteiger charge is 2.37. The van der Waals surface area contributed by atoms with E-state index in [1.54, 1.807) is 36.5 Å². The van der Waals surface area contributed by atoms with Gasteiger partial charge in [-0.15, -0.1) is 10.2 Å². The molecule has 2 unspecified atom stereocenters. The van der Waals surface area contributed by atoms with E-state index in [4.69, 9.17) is 10.8 Å². The number of piperazine rings is 1. The summed E-state index contributed by atoms with van der Waals surface area (Å²) in [6, 6.07) is 9.46. The van der Waals surface area contributed by atoms with Gasteiger partial charge in [-0.05, 0) is 38.1 Å². The zero-order valence-electron chi connectivity index (χ0n) is 20.1. The maximum absolute atomic E-state index is 10.9. The summed E-state index contributed by atoms with van der Waals surface area (Å²) in [5.74, 6) is 0.749. The van der Waals surface area contributed by atoms with Crippen molar-refractivity contribution in [3.05, 3.63) is 54.1 Å². The van der Waals surface area contributed by atoms with Crippen LogP contribution in [0.15, 0.2) is 42.7 Å². The monoisotopic (exact) mass is 490 g/mol. The van der Waals surface area contributed by atoms with Crippen LogP contribution in [0, 0.1) is 0 Å². The van der Waals surface area contributed by atoms with E-state index in [1.807, 2.05) is 18.2 Å². The topological polar surface area (TPSA) is 154 Å². The number of carbonyl (C=O) groups is 1. The van der Waals surface area contributed by atoms with Crippen molar-refractivity contribution in [3.63, 3.8) is 0 Å². The van der Waals surface area contributed by atoms with Gasteiger partial charge in [-0.25, -0.2) is 9.97 Å². The Morgan fingerprint density at radius 3 is 2.53 bits per heavy atom. The Bertz CT molecular complexity index is 1220. The highest BCUT2D eigenvalue weighted by atomic mass is 16.4. The van der Waals surface area contributed by atoms with Gasteiger partial charge in [0.1, 0.15) is 11.6 Å². The number of aliphatic carboxylic acids is 1. The largest absolute Gasteiger partial charge is 0.507 e. The number of nitrogens with zero attached hydrogens (tertiary/aromatic N) is 6. The molecule has 1 aromatic carbocycles. The third-order valence-electron chi connectivity index (χ3n) is 6.76. The second-order valence-electron chi connectivity index (χ2n) is 9.67. The number of aromatic hydroxyl groups is 1. The summed E-state index contributed by atoms with van der Waals surface area (Å²) < 4.78 is 0. The van der Waals surface area contributed by atoms with Gasteiger partial charge >= 0.3 is 5.97 Å². The predicted octanol–water partition coefficient (Wildman–Crippen LogP) is 1.46. The molecule has 0 spiro atoms. The van der Waals surface area contributed by atoms with Crippen molar-refractivity contribution in [1.82, 2.24) is 30.4 Å². The predicted molar refractivity (Wildman–Crippen MR) is 134 cm³/mol. The molecule has 0 amide bonds. The highest BCUT2D eigenvalue weighted by molar-refractivity contribution is 5.74. The third-order valence-corrected chi connectivity index (χ3v) is 6.76. The molecule has 4 heterocycles. The number of phenolic OH excluding ortho intramolecular Hbond substituents is 1. The molecule has 36 heavy (non-hydrogen) atoms. The first kappa shape index (κ1) is 23.9. The Kier molecular flexibility index (Phi) is 6.66. The summed E-state index contributed by atoms with van der Waals surface area (Å²) in [6.45, 7) is 1.99. The second-order valence-corrected chi connectivity index (χ2v) is 9.67. The number of carboxylic acid groups (broad SMARTS) is 1. The molecule has 2 atom stereocenters. The number of fused-ring (bicyclic) bond motifs is 2. The van der Waals surface area contributed by atoms with Gasteiger partial charge in [0.25, 0.3) is 0 Å². The normalized spacial score (nSPS) is 21.5. The van der Waals surface area contributed by atoms with E-state index >= 15 is 0 Å². The maximum atomic E-state index is 10.9. The number of nitrogens with one attached hydrogen (secondary N) is 1. The van der Waals surface area contributed by atoms with Crippen LogP contribution in [-0.4, -0.2) is 80.0 Å². The van der Waals surface area contributed by atoms with Gasteiger partial charge < -0.3 is 26.2 Å². The SMILES string of the molecule is CN(CC(=O)O)Cc1cnc(C2CC3CN(c4cc(-c5ccccc5O)nnc4N)CC(C2)N3)nc1. The van der Waals surface area contributed by atoms with Gasteiger partial charge in [0.2, 0.25) is 0 Å². The third kappa shape index (κ3) is 5.21. The summed E-state index contributed by atoms with van der Waals surface area (Å²) in [5.41, 5.74) is 9.15. The minimum atomic E-state index is -0.857. The van der Waals surface area contributed by atoms with Gasteiger partial charge in [0, 0.05) is 61.2 Å². The summed E-state index contributed by atoms with van der Waals surface area (Å²) in [5, 5.41) is 31.2. The van der Waals surface area contributed by atoms with E-state index in [-0.39, 0.29) is 30.3 Å². The molecule has 2 aliphatic heterocycles. The van der Waals surface area contributed by atoms with Crippen molar-refractivity contribution in [2.45, 2.75) is 37.4 Å². The molecule has 2 fully saturated rings. The molecule has 2 aliphatic rings. The number of benzene rings is 1. The first-order valence-corrected chi connectivity index (χ1v) is 12.0. The number of likely N-dealkylation sites (N-methyl/N-ethyl adjacent to an activating group) is 1. The minimum absolute atomic E-state index is 0.0264. The zero-order chi connectivity index (χ0) is 25.2. The van der Waals surface area contributed by atoms with E-state index < -0.39 is 5.97 Å². The Morgan fingerprint density at radius 1 is 1.17 bits per heavy atom. The smallest absolute Gasteiger partial charge is 0.317 e. The van der Waals surface area contributed by atoms with Crippen LogP contribution in [0.2, 0.25) is 0 Å². The van der Waals surface area contributed by atoms with Gasteiger partial charge in [-0.1, -0.05) is 12.1 Å². The average molecular weight is 491 g/mol. The van der Waals surface area contributed by atoms with E-state index in [0.29, 0.717) is 23.6 Å². The lowest BCUT2D eigenvalue weighted by atomic mass is 9.84. The summed E-state index contributed by atoms with van der Waals surface area (Å²) in [7, 11) is 1.76.